The third-order valence-corrected chi connectivity index (χ3v) is 4.12. The van der Waals surface area contributed by atoms with Crippen LogP contribution in [0.25, 0.3) is 0 Å². The Morgan fingerprint density at radius 3 is 2.46 bits per heavy atom. The molecule has 124 valence electrons. The lowest BCUT2D eigenvalue weighted by atomic mass is 10.2. The number of tetrazole rings is 1. The van der Waals surface area contributed by atoms with Gasteiger partial charge in [-0.2, -0.15) is 0 Å². The molecule has 0 unspecified atom stereocenters. The summed E-state index contributed by atoms with van der Waals surface area (Å²) >= 11 is 11.9. The van der Waals surface area contributed by atoms with Crippen molar-refractivity contribution in [3.63, 3.8) is 0 Å². The average molecular weight is 364 g/mol. The van der Waals surface area contributed by atoms with E-state index in [4.69, 9.17) is 27.9 Å². The number of halogens is 2. The summed E-state index contributed by atoms with van der Waals surface area (Å²) in [5, 5.41) is 15.4. The molecule has 1 N–H and O–H groups in total. The molecule has 0 aliphatic rings. The fraction of sp³-hybridized carbons (Fsp3) is 0.188. The van der Waals surface area contributed by atoms with Crippen molar-refractivity contribution in [3.8, 4) is 5.75 Å². The summed E-state index contributed by atoms with van der Waals surface area (Å²) in [5.41, 5.74) is 2.06. The van der Waals surface area contributed by atoms with Crippen LogP contribution in [0.15, 0.2) is 42.5 Å². The predicted molar refractivity (Wildman–Crippen MR) is 93.4 cm³/mol. The first-order chi connectivity index (χ1) is 11.6. The van der Waals surface area contributed by atoms with E-state index in [0.717, 1.165) is 16.9 Å². The van der Waals surface area contributed by atoms with Gasteiger partial charge in [-0.3, -0.25) is 0 Å². The van der Waals surface area contributed by atoms with Crippen molar-refractivity contribution in [2.24, 2.45) is 7.05 Å². The molecule has 0 fully saturated rings. The van der Waals surface area contributed by atoms with Gasteiger partial charge in [0.25, 0.3) is 0 Å². The smallest absolute Gasteiger partial charge is 0.242 e. The van der Waals surface area contributed by atoms with Crippen LogP contribution in [0.4, 0.5) is 5.95 Å². The average Bonchev–Trinajstić information content (AvgIpc) is 3.00. The van der Waals surface area contributed by atoms with Gasteiger partial charge in [-0.05, 0) is 45.8 Å². The molecule has 0 bridgehead atoms. The molecule has 3 rings (SSSR count). The van der Waals surface area contributed by atoms with Gasteiger partial charge in [-0.1, -0.05) is 46.5 Å². The van der Waals surface area contributed by atoms with Crippen molar-refractivity contribution in [2.45, 2.75) is 13.2 Å². The third kappa shape index (κ3) is 4.15. The van der Waals surface area contributed by atoms with Crippen LogP contribution in [0.3, 0.4) is 0 Å². The molecule has 8 heteroatoms. The van der Waals surface area contributed by atoms with Crippen LogP contribution in [0.2, 0.25) is 10.0 Å². The minimum Gasteiger partial charge on any atom is -0.489 e. The van der Waals surface area contributed by atoms with Crippen molar-refractivity contribution in [1.82, 2.24) is 20.2 Å². The number of hydrogen-bond donors (Lipinski definition) is 1. The molecule has 0 saturated carbocycles. The summed E-state index contributed by atoms with van der Waals surface area (Å²) in [5.74, 6) is 1.40. The Labute approximate surface area is 149 Å². The molecule has 0 atom stereocenters. The molecule has 0 aliphatic carbocycles. The zero-order chi connectivity index (χ0) is 16.9. The fourth-order valence-electron chi connectivity index (χ4n) is 2.06. The number of benzene rings is 2. The number of hydrogen-bond acceptors (Lipinski definition) is 5. The molecule has 0 radical (unpaired) electrons. The minimum atomic E-state index is 0.430. The van der Waals surface area contributed by atoms with Gasteiger partial charge in [0.1, 0.15) is 12.4 Å². The summed E-state index contributed by atoms with van der Waals surface area (Å²) in [6.07, 6.45) is 0. The first-order valence-electron chi connectivity index (χ1n) is 7.24. The van der Waals surface area contributed by atoms with E-state index in [2.05, 4.69) is 20.8 Å². The summed E-state index contributed by atoms with van der Waals surface area (Å²) in [7, 11) is 1.78. The van der Waals surface area contributed by atoms with Crippen LogP contribution in [0, 0.1) is 0 Å². The number of nitrogens with one attached hydrogen (secondary N) is 1. The van der Waals surface area contributed by atoms with Gasteiger partial charge in [-0.15, -0.1) is 0 Å². The number of ether oxygens (including phenoxy) is 1. The summed E-state index contributed by atoms with van der Waals surface area (Å²) in [6.45, 7) is 1.06. The van der Waals surface area contributed by atoms with E-state index in [9.17, 15) is 0 Å². The highest BCUT2D eigenvalue weighted by molar-refractivity contribution is 6.42. The topological polar surface area (TPSA) is 64.9 Å². The van der Waals surface area contributed by atoms with Crippen LogP contribution in [0.1, 0.15) is 11.1 Å². The summed E-state index contributed by atoms with van der Waals surface area (Å²) in [4.78, 5) is 0. The molecular weight excluding hydrogens is 349 g/mol. The standard InChI is InChI=1S/C16H15Cl2N5O/c1-23-16(20-21-22-23)19-9-11-2-5-13(6-3-11)24-10-12-4-7-14(17)15(18)8-12/h2-8H,9-10H2,1H3,(H,19,20,22). The zero-order valence-corrected chi connectivity index (χ0v) is 14.4. The number of aryl methyl sites for hydroxylation is 1. The minimum absolute atomic E-state index is 0.430. The Kier molecular flexibility index (Phi) is 5.17. The first kappa shape index (κ1) is 16.5. The maximum atomic E-state index is 5.99. The largest absolute Gasteiger partial charge is 0.489 e. The molecule has 0 saturated heterocycles. The van der Waals surface area contributed by atoms with Crippen LogP contribution in [-0.4, -0.2) is 20.2 Å². The SMILES string of the molecule is Cn1nnnc1NCc1ccc(OCc2ccc(Cl)c(Cl)c2)cc1. The Hall–Kier alpha value is -2.31. The van der Waals surface area contributed by atoms with E-state index in [0.29, 0.717) is 29.1 Å². The van der Waals surface area contributed by atoms with Gasteiger partial charge in [0, 0.05) is 13.6 Å². The quantitative estimate of drug-likeness (QED) is 0.722. The number of nitrogens with zero attached hydrogens (tertiary/aromatic N) is 4. The van der Waals surface area contributed by atoms with Crippen LogP contribution >= 0.6 is 23.2 Å². The van der Waals surface area contributed by atoms with Crippen molar-refractivity contribution >= 4 is 29.2 Å². The molecule has 3 aromatic rings. The van der Waals surface area contributed by atoms with Crippen LogP contribution < -0.4 is 10.1 Å². The first-order valence-corrected chi connectivity index (χ1v) is 7.99. The lowest BCUT2D eigenvalue weighted by Gasteiger charge is -2.09. The van der Waals surface area contributed by atoms with Gasteiger partial charge in [0.05, 0.1) is 10.0 Å². The van der Waals surface area contributed by atoms with E-state index in [1.54, 1.807) is 23.9 Å². The predicted octanol–water partition coefficient (Wildman–Crippen LogP) is 3.71. The number of anilines is 1. The van der Waals surface area contributed by atoms with Gasteiger partial charge >= 0.3 is 0 Å². The second-order valence-corrected chi connectivity index (χ2v) is 5.98. The van der Waals surface area contributed by atoms with E-state index in [-0.39, 0.29) is 0 Å². The van der Waals surface area contributed by atoms with Crippen molar-refractivity contribution in [3.05, 3.63) is 63.6 Å². The maximum absolute atomic E-state index is 5.99. The van der Waals surface area contributed by atoms with Gasteiger partial charge < -0.3 is 10.1 Å². The zero-order valence-electron chi connectivity index (χ0n) is 12.9. The van der Waals surface area contributed by atoms with Crippen LogP contribution in [-0.2, 0) is 20.2 Å². The highest BCUT2D eigenvalue weighted by atomic mass is 35.5. The van der Waals surface area contributed by atoms with Crippen molar-refractivity contribution < 1.29 is 4.74 Å². The lowest BCUT2D eigenvalue weighted by Crippen LogP contribution is -2.05. The molecule has 24 heavy (non-hydrogen) atoms. The van der Waals surface area contributed by atoms with E-state index >= 15 is 0 Å². The molecule has 1 heterocycles. The molecule has 2 aromatic carbocycles. The molecule has 0 amide bonds. The monoisotopic (exact) mass is 363 g/mol. The van der Waals surface area contributed by atoms with Gasteiger partial charge in [0.2, 0.25) is 5.95 Å². The van der Waals surface area contributed by atoms with E-state index in [1.165, 1.54) is 0 Å². The van der Waals surface area contributed by atoms with E-state index < -0.39 is 0 Å². The highest BCUT2D eigenvalue weighted by Crippen LogP contribution is 2.23. The summed E-state index contributed by atoms with van der Waals surface area (Å²) in [6, 6.07) is 13.3. The van der Waals surface area contributed by atoms with Crippen molar-refractivity contribution in [1.29, 1.82) is 0 Å². The maximum Gasteiger partial charge on any atom is 0.242 e. The van der Waals surface area contributed by atoms with Crippen LogP contribution in [0.5, 0.6) is 5.75 Å². The molecule has 0 aliphatic heterocycles. The van der Waals surface area contributed by atoms with E-state index in [1.807, 2.05) is 30.3 Å². The fourth-order valence-corrected chi connectivity index (χ4v) is 2.38. The number of aromatic nitrogens is 4. The molecule has 0 spiro atoms. The highest BCUT2D eigenvalue weighted by Gasteiger charge is 2.03. The number of rotatable bonds is 6. The lowest BCUT2D eigenvalue weighted by molar-refractivity contribution is 0.306. The second-order valence-electron chi connectivity index (χ2n) is 5.16. The van der Waals surface area contributed by atoms with Gasteiger partial charge in [-0.25, -0.2) is 4.68 Å². The molecule has 6 nitrogen and oxygen atoms in total. The third-order valence-electron chi connectivity index (χ3n) is 3.38. The normalized spacial score (nSPS) is 10.6. The summed E-state index contributed by atoms with van der Waals surface area (Å²) < 4.78 is 7.33. The van der Waals surface area contributed by atoms with Crippen molar-refractivity contribution in [2.75, 3.05) is 5.32 Å². The Balaban J connectivity index is 1.54. The molecule has 1 aromatic heterocycles. The Bertz CT molecular complexity index is 820. The Morgan fingerprint density at radius 2 is 1.79 bits per heavy atom. The Morgan fingerprint density at radius 1 is 1.04 bits per heavy atom. The second kappa shape index (κ2) is 7.51. The molecular formula is C16H15Cl2N5O. The van der Waals surface area contributed by atoms with Gasteiger partial charge in [0.15, 0.2) is 0 Å².